The predicted molar refractivity (Wildman–Crippen MR) is 83.6 cm³/mol. The van der Waals surface area contributed by atoms with Crippen LogP contribution in [-0.4, -0.2) is 23.6 Å². The van der Waals surface area contributed by atoms with E-state index in [0.717, 1.165) is 16.9 Å². The van der Waals surface area contributed by atoms with Crippen molar-refractivity contribution in [1.82, 2.24) is 0 Å². The van der Waals surface area contributed by atoms with Gasteiger partial charge in [0.1, 0.15) is 0 Å². The van der Waals surface area contributed by atoms with E-state index >= 15 is 0 Å². The van der Waals surface area contributed by atoms with Crippen LogP contribution in [0.15, 0.2) is 0 Å². The van der Waals surface area contributed by atoms with Gasteiger partial charge in [0.25, 0.3) is 0 Å². The molecule has 0 aliphatic carbocycles. The zero-order chi connectivity index (χ0) is 13.9. The largest absolute Gasteiger partial charge is 0.469 e. The van der Waals surface area contributed by atoms with Crippen LogP contribution in [0, 0.1) is 0 Å². The maximum Gasteiger partial charge on any atom is 0.305 e. The molecule has 0 aromatic rings. The van der Waals surface area contributed by atoms with Gasteiger partial charge in [-0.1, -0.05) is 58.3 Å². The number of esters is 1. The lowest BCUT2D eigenvalue weighted by Gasteiger charge is -2.02. The monoisotopic (exact) mass is 286 g/mol. The minimum absolute atomic E-state index is 0.0665. The van der Waals surface area contributed by atoms with Crippen LogP contribution in [0.3, 0.4) is 0 Å². The van der Waals surface area contributed by atoms with Crippen molar-refractivity contribution >= 4 is 17.7 Å². The van der Waals surface area contributed by atoms with E-state index in [1.165, 1.54) is 64.9 Å². The van der Waals surface area contributed by atoms with Gasteiger partial charge in [-0.2, -0.15) is 11.8 Å². The Labute approximate surface area is 123 Å². The fraction of sp³-hybridized carbons (Fsp3) is 0.938. The van der Waals surface area contributed by atoms with E-state index in [9.17, 15) is 4.79 Å². The van der Waals surface area contributed by atoms with Gasteiger partial charge in [-0.25, -0.2) is 0 Å². The van der Waals surface area contributed by atoms with Gasteiger partial charge >= 0.3 is 5.97 Å². The summed E-state index contributed by atoms with van der Waals surface area (Å²) in [6, 6.07) is 0. The lowest BCUT2D eigenvalue weighted by Crippen LogP contribution is -1.99. The topological polar surface area (TPSA) is 26.3 Å². The van der Waals surface area contributed by atoms with E-state index in [4.69, 9.17) is 0 Å². The summed E-state index contributed by atoms with van der Waals surface area (Å²) in [4.78, 5) is 10.9. The van der Waals surface area contributed by atoms with E-state index in [-0.39, 0.29) is 5.97 Å². The number of ether oxygens (including phenoxy) is 1. The minimum atomic E-state index is -0.0665. The van der Waals surface area contributed by atoms with Crippen molar-refractivity contribution in [2.75, 3.05) is 7.11 Å². The number of carbonyl (C=O) groups excluding carboxylic acids is 1. The molecule has 0 radical (unpaired) electrons. The molecule has 0 bridgehead atoms. The van der Waals surface area contributed by atoms with Crippen LogP contribution in [-0.2, 0) is 9.53 Å². The molecule has 19 heavy (non-hydrogen) atoms. The van der Waals surface area contributed by atoms with Crippen LogP contribution in [0.5, 0.6) is 0 Å². The maximum absolute atomic E-state index is 10.9. The predicted octanol–water partition coefficient (Wildman–Crippen LogP) is 4.95. The Kier molecular flexibility index (Phi) is 9.40. The highest BCUT2D eigenvalue weighted by Crippen LogP contribution is 2.43. The summed E-state index contributed by atoms with van der Waals surface area (Å²) < 4.78 is 4.62. The van der Waals surface area contributed by atoms with E-state index in [2.05, 4.69) is 23.4 Å². The highest BCUT2D eigenvalue weighted by Gasteiger charge is 2.32. The van der Waals surface area contributed by atoms with Crippen LogP contribution in [0.4, 0.5) is 0 Å². The van der Waals surface area contributed by atoms with Gasteiger partial charge in [0, 0.05) is 16.9 Å². The first kappa shape index (κ1) is 16.9. The van der Waals surface area contributed by atoms with E-state index in [1.54, 1.807) is 0 Å². The minimum Gasteiger partial charge on any atom is -0.469 e. The van der Waals surface area contributed by atoms with Crippen LogP contribution < -0.4 is 0 Å². The van der Waals surface area contributed by atoms with Crippen LogP contribution in [0.1, 0.15) is 77.6 Å². The summed E-state index contributed by atoms with van der Waals surface area (Å²) in [5.74, 6) is -0.0665. The number of unbranched alkanes of at least 4 members (excludes halogenated alkanes) is 8. The molecule has 0 spiro atoms. The van der Waals surface area contributed by atoms with Gasteiger partial charge in [0.15, 0.2) is 0 Å². The Morgan fingerprint density at radius 2 is 1.42 bits per heavy atom. The van der Waals surface area contributed by atoms with Gasteiger partial charge in [-0.15, -0.1) is 0 Å². The summed E-state index contributed by atoms with van der Waals surface area (Å²) in [6.07, 6.45) is 13.8. The number of hydrogen-bond donors (Lipinski definition) is 0. The van der Waals surface area contributed by atoms with Gasteiger partial charge in [0.2, 0.25) is 0 Å². The summed E-state index contributed by atoms with van der Waals surface area (Å²) in [6.45, 7) is 2.34. The van der Waals surface area contributed by atoms with Crippen molar-refractivity contribution in [2.24, 2.45) is 0 Å². The fourth-order valence-electron chi connectivity index (χ4n) is 2.49. The van der Waals surface area contributed by atoms with Crippen molar-refractivity contribution in [2.45, 2.75) is 88.1 Å². The Hall–Kier alpha value is -0.180. The van der Waals surface area contributed by atoms with Crippen LogP contribution >= 0.6 is 11.8 Å². The highest BCUT2D eigenvalue weighted by atomic mass is 32.2. The third-order valence-corrected chi connectivity index (χ3v) is 5.37. The first-order valence-corrected chi connectivity index (χ1v) is 8.90. The molecule has 1 fully saturated rings. The molecule has 2 nitrogen and oxygen atoms in total. The average Bonchev–Trinajstić information content (AvgIpc) is 3.11. The summed E-state index contributed by atoms with van der Waals surface area (Å²) in [5, 5.41) is 1.94. The van der Waals surface area contributed by atoms with Gasteiger partial charge in [0.05, 0.1) is 7.11 Å². The summed E-state index contributed by atoms with van der Waals surface area (Å²) in [7, 11) is 1.46. The van der Waals surface area contributed by atoms with Crippen molar-refractivity contribution in [1.29, 1.82) is 0 Å². The Bertz CT molecular complexity index is 243. The molecule has 1 saturated heterocycles. The standard InChI is InChI=1S/C16H30O2S/c1-14-15(19-14)12-10-8-6-4-3-5-7-9-11-13-16(17)18-2/h14-15H,3-13H2,1-2H3. The number of carbonyl (C=O) groups is 1. The fourth-order valence-corrected chi connectivity index (χ4v) is 3.39. The second-order valence-electron chi connectivity index (χ2n) is 5.68. The van der Waals surface area contributed by atoms with Crippen molar-refractivity contribution in [3.05, 3.63) is 0 Å². The SMILES string of the molecule is COC(=O)CCCCCCCCCCCC1SC1C. The first-order chi connectivity index (χ1) is 9.24. The second-order valence-corrected chi connectivity index (χ2v) is 7.30. The molecule has 3 heteroatoms. The second kappa shape index (κ2) is 10.6. The quantitative estimate of drug-likeness (QED) is 0.288. The van der Waals surface area contributed by atoms with E-state index in [0.29, 0.717) is 6.42 Å². The third kappa shape index (κ3) is 9.37. The normalized spacial score (nSPS) is 21.4. The molecule has 0 amide bonds. The zero-order valence-electron chi connectivity index (χ0n) is 12.7. The molecule has 0 N–H and O–H groups in total. The molecule has 2 unspecified atom stereocenters. The van der Waals surface area contributed by atoms with E-state index in [1.807, 2.05) is 0 Å². The lowest BCUT2D eigenvalue weighted by atomic mass is 10.0. The Morgan fingerprint density at radius 1 is 0.947 bits per heavy atom. The van der Waals surface area contributed by atoms with Gasteiger partial charge < -0.3 is 4.74 Å². The van der Waals surface area contributed by atoms with Crippen LogP contribution in [0.25, 0.3) is 0 Å². The molecule has 1 aliphatic heterocycles. The van der Waals surface area contributed by atoms with Crippen LogP contribution in [0.2, 0.25) is 0 Å². The number of rotatable bonds is 12. The molecule has 1 rings (SSSR count). The first-order valence-electron chi connectivity index (χ1n) is 7.96. The summed E-state index contributed by atoms with van der Waals surface area (Å²) >= 11 is 2.14. The zero-order valence-corrected chi connectivity index (χ0v) is 13.5. The number of thioether (sulfide) groups is 1. The van der Waals surface area contributed by atoms with Gasteiger partial charge in [-0.05, 0) is 12.8 Å². The van der Waals surface area contributed by atoms with Crippen molar-refractivity contribution in [3.63, 3.8) is 0 Å². The number of hydrogen-bond acceptors (Lipinski definition) is 3. The molecule has 112 valence electrons. The molecule has 0 aromatic heterocycles. The molecular weight excluding hydrogens is 256 g/mol. The van der Waals surface area contributed by atoms with Gasteiger partial charge in [-0.3, -0.25) is 4.79 Å². The van der Waals surface area contributed by atoms with Crippen molar-refractivity contribution in [3.8, 4) is 0 Å². The Morgan fingerprint density at radius 3 is 1.89 bits per heavy atom. The third-order valence-electron chi connectivity index (χ3n) is 3.93. The number of methoxy groups -OCH3 is 1. The van der Waals surface area contributed by atoms with Crippen molar-refractivity contribution < 1.29 is 9.53 Å². The molecule has 0 aromatic carbocycles. The smallest absolute Gasteiger partial charge is 0.305 e. The highest BCUT2D eigenvalue weighted by molar-refractivity contribution is 8.07. The van der Waals surface area contributed by atoms with E-state index < -0.39 is 0 Å². The maximum atomic E-state index is 10.9. The Balaban J connectivity index is 1.68. The molecule has 2 atom stereocenters. The molecule has 1 aliphatic rings. The molecule has 1 heterocycles. The lowest BCUT2D eigenvalue weighted by molar-refractivity contribution is -0.140. The molecular formula is C16H30O2S. The summed E-state index contributed by atoms with van der Waals surface area (Å²) in [5.41, 5.74) is 0. The molecule has 0 saturated carbocycles. The average molecular weight is 286 g/mol.